The third-order valence-electron chi connectivity index (χ3n) is 6.77. The second-order valence-electron chi connectivity index (χ2n) is 8.92. The SMILES string of the molecule is CNc1cc(Nc2cccn([C@@H]3CCCC[C@@H]3O)c2=O)nc2c(C(=O)NC3CC[C@@H]3F)cnn12. The molecule has 34 heavy (non-hydrogen) atoms. The van der Waals surface area contributed by atoms with Crippen molar-refractivity contribution in [2.75, 3.05) is 17.7 Å². The molecule has 1 amide bonds. The van der Waals surface area contributed by atoms with E-state index in [0.29, 0.717) is 36.6 Å². The third-order valence-corrected chi connectivity index (χ3v) is 6.77. The van der Waals surface area contributed by atoms with Crippen LogP contribution in [0.15, 0.2) is 35.4 Å². The quantitative estimate of drug-likeness (QED) is 0.437. The molecule has 11 heteroatoms. The number of alkyl halides is 1. The number of carbonyl (C=O) groups excluding carboxylic acids is 1. The number of rotatable bonds is 6. The Morgan fingerprint density at radius 2 is 2.06 bits per heavy atom. The largest absolute Gasteiger partial charge is 0.391 e. The zero-order chi connectivity index (χ0) is 23.8. The van der Waals surface area contributed by atoms with Crippen LogP contribution in [0.5, 0.6) is 0 Å². The maximum absolute atomic E-state index is 13.6. The first-order chi connectivity index (χ1) is 16.5. The molecule has 3 aromatic rings. The van der Waals surface area contributed by atoms with Gasteiger partial charge in [-0.25, -0.2) is 9.37 Å². The van der Waals surface area contributed by atoms with Gasteiger partial charge in [0.05, 0.1) is 24.4 Å². The Labute approximate surface area is 195 Å². The highest BCUT2D eigenvalue weighted by Crippen LogP contribution is 2.28. The molecular formula is C23H28FN7O3. The Kier molecular flexibility index (Phi) is 5.94. The van der Waals surface area contributed by atoms with E-state index in [1.807, 2.05) is 0 Å². The first kappa shape index (κ1) is 22.3. The molecule has 2 aliphatic carbocycles. The van der Waals surface area contributed by atoms with E-state index in [0.717, 1.165) is 19.3 Å². The summed E-state index contributed by atoms with van der Waals surface area (Å²) in [4.78, 5) is 30.5. The highest BCUT2D eigenvalue weighted by atomic mass is 19.1. The molecule has 4 atom stereocenters. The average Bonchev–Trinajstić information content (AvgIpc) is 3.27. The molecule has 4 N–H and O–H groups in total. The molecule has 0 bridgehead atoms. The molecule has 0 spiro atoms. The van der Waals surface area contributed by atoms with Gasteiger partial charge in [-0.15, -0.1) is 0 Å². The van der Waals surface area contributed by atoms with E-state index < -0.39 is 24.2 Å². The molecule has 3 heterocycles. The van der Waals surface area contributed by atoms with Crippen LogP contribution in [0.2, 0.25) is 0 Å². The Morgan fingerprint density at radius 1 is 1.24 bits per heavy atom. The number of aliphatic hydroxyl groups is 1. The van der Waals surface area contributed by atoms with Crippen LogP contribution < -0.4 is 21.5 Å². The normalized spacial score (nSPS) is 24.4. The number of carbonyl (C=O) groups is 1. The number of pyridine rings is 1. The average molecular weight is 470 g/mol. The predicted octanol–water partition coefficient (Wildman–Crippen LogP) is 2.38. The number of aromatic nitrogens is 4. The molecule has 2 saturated carbocycles. The molecule has 10 nitrogen and oxygen atoms in total. The number of aliphatic hydroxyl groups excluding tert-OH is 1. The van der Waals surface area contributed by atoms with Crippen molar-refractivity contribution in [3.05, 3.63) is 46.5 Å². The molecule has 0 saturated heterocycles. The smallest absolute Gasteiger partial charge is 0.274 e. The first-order valence-corrected chi connectivity index (χ1v) is 11.6. The van der Waals surface area contributed by atoms with Crippen molar-refractivity contribution in [1.82, 2.24) is 24.5 Å². The van der Waals surface area contributed by atoms with Gasteiger partial charge in [-0.3, -0.25) is 9.59 Å². The molecule has 0 aromatic carbocycles. The lowest BCUT2D eigenvalue weighted by Gasteiger charge is -2.30. The third kappa shape index (κ3) is 4.00. The van der Waals surface area contributed by atoms with Gasteiger partial charge in [-0.2, -0.15) is 9.61 Å². The van der Waals surface area contributed by atoms with Gasteiger partial charge < -0.3 is 25.6 Å². The van der Waals surface area contributed by atoms with E-state index in [1.165, 1.54) is 10.7 Å². The summed E-state index contributed by atoms with van der Waals surface area (Å²) in [5.41, 5.74) is 0.543. The minimum absolute atomic E-state index is 0.218. The lowest BCUT2D eigenvalue weighted by molar-refractivity contribution is 0.0739. The molecule has 1 unspecified atom stereocenters. The Hall–Kier alpha value is -3.47. The van der Waals surface area contributed by atoms with Crippen LogP contribution in [-0.4, -0.2) is 55.5 Å². The van der Waals surface area contributed by atoms with Gasteiger partial charge >= 0.3 is 0 Å². The summed E-state index contributed by atoms with van der Waals surface area (Å²) in [6.45, 7) is 0. The van der Waals surface area contributed by atoms with E-state index in [1.54, 1.807) is 36.0 Å². The van der Waals surface area contributed by atoms with Gasteiger partial charge in [0.2, 0.25) is 0 Å². The zero-order valence-corrected chi connectivity index (χ0v) is 18.9. The number of hydrogen-bond donors (Lipinski definition) is 4. The van der Waals surface area contributed by atoms with E-state index in [4.69, 9.17) is 0 Å². The molecule has 0 aliphatic heterocycles. The summed E-state index contributed by atoms with van der Waals surface area (Å²) < 4.78 is 16.7. The zero-order valence-electron chi connectivity index (χ0n) is 18.9. The van der Waals surface area contributed by atoms with Crippen molar-refractivity contribution in [3.63, 3.8) is 0 Å². The van der Waals surface area contributed by atoms with Crippen LogP contribution in [-0.2, 0) is 0 Å². The second kappa shape index (κ2) is 9.05. The summed E-state index contributed by atoms with van der Waals surface area (Å²) >= 11 is 0. The standard InChI is InChI=1S/C23H28FN7O3/c1-25-20-11-19(27-16-5-4-10-30(23(16)34)17-6-2-3-7-18(17)32)29-21-13(12-26-31(20)21)22(33)28-15-9-8-14(15)24/h4-5,10-12,14-15,17-18,25,32H,2-3,6-9H2,1H3,(H,27,29)(H,28,33)/t14-,15?,17+,18-/m0/s1. The monoisotopic (exact) mass is 469 g/mol. The fourth-order valence-corrected chi connectivity index (χ4v) is 4.65. The van der Waals surface area contributed by atoms with Crippen LogP contribution in [0.3, 0.4) is 0 Å². The number of anilines is 3. The number of nitrogens with one attached hydrogen (secondary N) is 3. The summed E-state index contributed by atoms with van der Waals surface area (Å²) in [6, 6.07) is 4.33. The summed E-state index contributed by atoms with van der Waals surface area (Å²) in [7, 11) is 1.71. The number of fused-ring (bicyclic) bond motifs is 1. The van der Waals surface area contributed by atoms with Crippen molar-refractivity contribution in [2.24, 2.45) is 0 Å². The molecule has 2 aliphatic rings. The summed E-state index contributed by atoms with van der Waals surface area (Å²) in [5, 5.41) is 23.4. The summed E-state index contributed by atoms with van der Waals surface area (Å²) in [5.74, 6) is 0.456. The molecule has 2 fully saturated rings. The van der Waals surface area contributed by atoms with Gasteiger partial charge in [0.25, 0.3) is 11.5 Å². The van der Waals surface area contributed by atoms with Crippen LogP contribution in [0.25, 0.3) is 5.65 Å². The molecule has 180 valence electrons. The van der Waals surface area contributed by atoms with Gasteiger partial charge in [0, 0.05) is 19.3 Å². The van der Waals surface area contributed by atoms with Crippen molar-refractivity contribution >= 4 is 28.9 Å². The van der Waals surface area contributed by atoms with Crippen LogP contribution in [0.1, 0.15) is 54.9 Å². The van der Waals surface area contributed by atoms with E-state index in [9.17, 15) is 19.1 Å². The lowest BCUT2D eigenvalue weighted by atomic mass is 9.90. The van der Waals surface area contributed by atoms with Crippen molar-refractivity contribution in [2.45, 2.75) is 62.9 Å². The fourth-order valence-electron chi connectivity index (χ4n) is 4.65. The number of hydrogen-bond acceptors (Lipinski definition) is 7. The van der Waals surface area contributed by atoms with Crippen molar-refractivity contribution in [1.29, 1.82) is 0 Å². The van der Waals surface area contributed by atoms with E-state index >= 15 is 0 Å². The first-order valence-electron chi connectivity index (χ1n) is 11.6. The number of amides is 1. The minimum atomic E-state index is -1.04. The minimum Gasteiger partial charge on any atom is -0.391 e. The number of nitrogens with zero attached hydrogens (tertiary/aromatic N) is 4. The maximum Gasteiger partial charge on any atom is 0.274 e. The topological polar surface area (TPSA) is 126 Å². The van der Waals surface area contributed by atoms with Crippen molar-refractivity contribution < 1.29 is 14.3 Å². The van der Waals surface area contributed by atoms with E-state index in [-0.39, 0.29) is 22.8 Å². The van der Waals surface area contributed by atoms with Crippen molar-refractivity contribution in [3.8, 4) is 0 Å². The molecule has 3 aromatic heterocycles. The van der Waals surface area contributed by atoms with Gasteiger partial charge in [-0.1, -0.05) is 12.8 Å². The van der Waals surface area contributed by atoms with Crippen LogP contribution >= 0.6 is 0 Å². The Balaban J connectivity index is 1.47. The Bertz CT molecular complexity index is 1270. The van der Waals surface area contributed by atoms with E-state index in [2.05, 4.69) is 26.0 Å². The van der Waals surface area contributed by atoms with Gasteiger partial charge in [0.15, 0.2) is 5.65 Å². The number of halogens is 1. The summed E-state index contributed by atoms with van der Waals surface area (Å²) in [6.07, 6.45) is 5.88. The van der Waals surface area contributed by atoms with Crippen LogP contribution in [0.4, 0.5) is 21.7 Å². The maximum atomic E-state index is 13.6. The Morgan fingerprint density at radius 3 is 2.76 bits per heavy atom. The van der Waals surface area contributed by atoms with Gasteiger partial charge in [0.1, 0.15) is 29.1 Å². The second-order valence-corrected chi connectivity index (χ2v) is 8.92. The predicted molar refractivity (Wildman–Crippen MR) is 125 cm³/mol. The highest BCUT2D eigenvalue weighted by Gasteiger charge is 2.33. The lowest BCUT2D eigenvalue weighted by Crippen LogP contribution is -2.48. The fraction of sp³-hybridized carbons (Fsp3) is 0.478. The van der Waals surface area contributed by atoms with Crippen LogP contribution in [0, 0.1) is 0 Å². The van der Waals surface area contributed by atoms with Gasteiger partial charge in [-0.05, 0) is 37.8 Å². The molecule has 5 rings (SSSR count). The highest BCUT2D eigenvalue weighted by molar-refractivity contribution is 6.00. The molecular weight excluding hydrogens is 441 g/mol. The molecule has 0 radical (unpaired) electrons.